The summed E-state index contributed by atoms with van der Waals surface area (Å²) in [5, 5.41) is 2.05. The Hall–Kier alpha value is -1.83. The van der Waals surface area contributed by atoms with E-state index < -0.39 is 0 Å². The number of fused-ring (bicyclic) bond motifs is 1. The van der Waals surface area contributed by atoms with Crippen molar-refractivity contribution in [2.75, 3.05) is 6.61 Å². The molecule has 0 N–H and O–H groups in total. The molecule has 2 nitrogen and oxygen atoms in total. The minimum atomic E-state index is -0.196. The molecule has 1 atom stereocenters. The number of hydrogen-bond donors (Lipinski definition) is 0. The average Bonchev–Trinajstić information content (AvgIpc) is 2.59. The van der Waals surface area contributed by atoms with Crippen LogP contribution in [0.25, 0.3) is 10.8 Å². The van der Waals surface area contributed by atoms with Gasteiger partial charge in [0, 0.05) is 0 Å². The standard InChI is InChI=1S/C21H28O2/c1-3-5-6-11-17(10-4-2)16-23-21(22)20-15-9-13-18-12-7-8-14-19(18)20/h7-9,12-15,17H,3-6,10-11,16H2,1-2H3. The van der Waals surface area contributed by atoms with E-state index in [0.717, 1.165) is 30.0 Å². The Balaban J connectivity index is 1.99. The zero-order valence-electron chi connectivity index (χ0n) is 14.4. The molecule has 0 heterocycles. The molecule has 0 aliphatic heterocycles. The highest BCUT2D eigenvalue weighted by atomic mass is 16.5. The predicted molar refractivity (Wildman–Crippen MR) is 96.8 cm³/mol. The van der Waals surface area contributed by atoms with Crippen molar-refractivity contribution in [3.05, 3.63) is 48.0 Å². The lowest BCUT2D eigenvalue weighted by Crippen LogP contribution is -2.15. The minimum absolute atomic E-state index is 0.196. The average molecular weight is 312 g/mol. The summed E-state index contributed by atoms with van der Waals surface area (Å²) >= 11 is 0. The molecule has 0 fully saturated rings. The Bertz CT molecular complexity index is 613. The highest BCUT2D eigenvalue weighted by Gasteiger charge is 2.14. The van der Waals surface area contributed by atoms with Crippen LogP contribution in [0.5, 0.6) is 0 Å². The van der Waals surface area contributed by atoms with Gasteiger partial charge in [0.15, 0.2) is 0 Å². The molecule has 2 aromatic carbocycles. The molecule has 2 rings (SSSR count). The largest absolute Gasteiger partial charge is 0.462 e. The molecule has 0 bridgehead atoms. The van der Waals surface area contributed by atoms with Crippen molar-refractivity contribution < 1.29 is 9.53 Å². The molecule has 2 heteroatoms. The second-order valence-electron chi connectivity index (χ2n) is 6.28. The molecular formula is C21H28O2. The van der Waals surface area contributed by atoms with Crippen molar-refractivity contribution in [1.29, 1.82) is 0 Å². The zero-order chi connectivity index (χ0) is 16.5. The van der Waals surface area contributed by atoms with Crippen molar-refractivity contribution in [2.24, 2.45) is 5.92 Å². The van der Waals surface area contributed by atoms with E-state index in [-0.39, 0.29) is 5.97 Å². The maximum Gasteiger partial charge on any atom is 0.338 e. The van der Waals surface area contributed by atoms with E-state index in [9.17, 15) is 4.79 Å². The highest BCUT2D eigenvalue weighted by molar-refractivity contribution is 6.04. The third kappa shape index (κ3) is 5.09. The summed E-state index contributed by atoms with van der Waals surface area (Å²) in [7, 11) is 0. The Morgan fingerprint density at radius 3 is 2.52 bits per heavy atom. The smallest absolute Gasteiger partial charge is 0.338 e. The molecule has 0 saturated carbocycles. The lowest BCUT2D eigenvalue weighted by molar-refractivity contribution is 0.0426. The molecule has 0 radical (unpaired) electrons. The molecule has 0 amide bonds. The maximum atomic E-state index is 12.5. The van der Waals surface area contributed by atoms with Gasteiger partial charge in [0.1, 0.15) is 0 Å². The van der Waals surface area contributed by atoms with Gasteiger partial charge in [0.2, 0.25) is 0 Å². The van der Waals surface area contributed by atoms with E-state index >= 15 is 0 Å². The lowest BCUT2D eigenvalue weighted by atomic mass is 9.97. The molecule has 124 valence electrons. The second kappa shape index (κ2) is 9.34. The number of unbranched alkanes of at least 4 members (excludes halogenated alkanes) is 2. The number of ether oxygens (including phenoxy) is 1. The van der Waals surface area contributed by atoms with E-state index in [2.05, 4.69) is 13.8 Å². The van der Waals surface area contributed by atoms with Gasteiger partial charge in [0.05, 0.1) is 12.2 Å². The Kier molecular flexibility index (Phi) is 7.12. The fourth-order valence-corrected chi connectivity index (χ4v) is 3.08. The maximum absolute atomic E-state index is 12.5. The third-order valence-electron chi connectivity index (χ3n) is 4.37. The van der Waals surface area contributed by atoms with Crippen LogP contribution in [0, 0.1) is 5.92 Å². The molecule has 2 aromatic rings. The van der Waals surface area contributed by atoms with Crippen LogP contribution in [-0.4, -0.2) is 12.6 Å². The summed E-state index contributed by atoms with van der Waals surface area (Å²) in [6.07, 6.45) is 7.15. The van der Waals surface area contributed by atoms with E-state index in [0.29, 0.717) is 18.1 Å². The van der Waals surface area contributed by atoms with Crippen molar-refractivity contribution >= 4 is 16.7 Å². The number of carbonyl (C=O) groups excluding carboxylic acids is 1. The first-order valence-corrected chi connectivity index (χ1v) is 8.91. The van der Waals surface area contributed by atoms with Gasteiger partial charge in [-0.15, -0.1) is 0 Å². The minimum Gasteiger partial charge on any atom is -0.462 e. The van der Waals surface area contributed by atoms with E-state index in [1.54, 1.807) is 0 Å². The zero-order valence-corrected chi connectivity index (χ0v) is 14.4. The molecule has 1 unspecified atom stereocenters. The van der Waals surface area contributed by atoms with E-state index in [1.165, 1.54) is 19.3 Å². The van der Waals surface area contributed by atoms with Crippen LogP contribution in [0.4, 0.5) is 0 Å². The van der Waals surface area contributed by atoms with E-state index in [1.807, 2.05) is 42.5 Å². The first kappa shape index (κ1) is 17.5. The summed E-state index contributed by atoms with van der Waals surface area (Å²) in [6, 6.07) is 13.8. The number of hydrogen-bond acceptors (Lipinski definition) is 2. The molecule has 0 aliphatic carbocycles. The van der Waals surface area contributed by atoms with Crippen LogP contribution in [-0.2, 0) is 4.74 Å². The highest BCUT2D eigenvalue weighted by Crippen LogP contribution is 2.21. The fourth-order valence-electron chi connectivity index (χ4n) is 3.08. The molecule has 0 spiro atoms. The summed E-state index contributed by atoms with van der Waals surface area (Å²) in [5.74, 6) is 0.295. The van der Waals surface area contributed by atoms with Crippen molar-refractivity contribution in [1.82, 2.24) is 0 Å². The van der Waals surface area contributed by atoms with Crippen LogP contribution in [0.1, 0.15) is 62.7 Å². The molecule has 0 aliphatic rings. The van der Waals surface area contributed by atoms with Crippen LogP contribution in [0.15, 0.2) is 42.5 Å². The van der Waals surface area contributed by atoms with Crippen molar-refractivity contribution in [2.45, 2.75) is 52.4 Å². The predicted octanol–water partition coefficient (Wildman–Crippen LogP) is 5.99. The Labute approximate surface area is 139 Å². The van der Waals surface area contributed by atoms with Gasteiger partial charge in [-0.05, 0) is 35.6 Å². The molecule has 0 aromatic heterocycles. The van der Waals surface area contributed by atoms with Gasteiger partial charge in [-0.1, -0.05) is 75.9 Å². The summed E-state index contributed by atoms with van der Waals surface area (Å²) in [4.78, 5) is 12.5. The summed E-state index contributed by atoms with van der Waals surface area (Å²) < 4.78 is 5.64. The van der Waals surface area contributed by atoms with E-state index in [4.69, 9.17) is 4.74 Å². The third-order valence-corrected chi connectivity index (χ3v) is 4.37. The second-order valence-corrected chi connectivity index (χ2v) is 6.28. The van der Waals surface area contributed by atoms with Gasteiger partial charge >= 0.3 is 5.97 Å². The first-order chi connectivity index (χ1) is 11.3. The van der Waals surface area contributed by atoms with Crippen molar-refractivity contribution in [3.63, 3.8) is 0 Å². The quantitative estimate of drug-likeness (QED) is 0.419. The van der Waals surface area contributed by atoms with Gasteiger partial charge in [-0.3, -0.25) is 0 Å². The van der Waals surface area contributed by atoms with Gasteiger partial charge in [-0.25, -0.2) is 4.79 Å². The lowest BCUT2D eigenvalue weighted by Gasteiger charge is -2.16. The van der Waals surface area contributed by atoms with Gasteiger partial charge < -0.3 is 4.74 Å². The first-order valence-electron chi connectivity index (χ1n) is 8.91. The SMILES string of the molecule is CCCCCC(CCC)COC(=O)c1cccc2ccccc12. The normalized spacial score (nSPS) is 12.3. The van der Waals surface area contributed by atoms with Gasteiger partial charge in [-0.2, -0.15) is 0 Å². The van der Waals surface area contributed by atoms with Crippen LogP contribution < -0.4 is 0 Å². The molecule has 0 saturated heterocycles. The number of carbonyl (C=O) groups is 1. The van der Waals surface area contributed by atoms with Crippen molar-refractivity contribution in [3.8, 4) is 0 Å². The Morgan fingerprint density at radius 2 is 1.74 bits per heavy atom. The fraction of sp³-hybridized carbons (Fsp3) is 0.476. The summed E-state index contributed by atoms with van der Waals surface area (Å²) in [6.45, 7) is 4.95. The topological polar surface area (TPSA) is 26.3 Å². The molecule has 23 heavy (non-hydrogen) atoms. The van der Waals surface area contributed by atoms with Crippen LogP contribution >= 0.6 is 0 Å². The summed E-state index contributed by atoms with van der Waals surface area (Å²) in [5.41, 5.74) is 0.673. The molecular weight excluding hydrogens is 284 g/mol. The van der Waals surface area contributed by atoms with Gasteiger partial charge in [0.25, 0.3) is 0 Å². The Morgan fingerprint density at radius 1 is 0.957 bits per heavy atom. The number of benzene rings is 2. The monoisotopic (exact) mass is 312 g/mol. The number of rotatable bonds is 9. The van der Waals surface area contributed by atoms with Crippen LogP contribution in [0.2, 0.25) is 0 Å². The van der Waals surface area contributed by atoms with Crippen LogP contribution in [0.3, 0.4) is 0 Å². The number of esters is 1.